The number of benzene rings is 1. The molecule has 5 nitrogen and oxygen atoms in total. The second-order valence-electron chi connectivity index (χ2n) is 3.09. The summed E-state index contributed by atoms with van der Waals surface area (Å²) in [5.74, 6) is 1.33. The van der Waals surface area contributed by atoms with Crippen molar-refractivity contribution in [2.75, 3.05) is 19.8 Å². The molecule has 0 spiro atoms. The molecule has 6 heteroatoms. The summed E-state index contributed by atoms with van der Waals surface area (Å²) in [4.78, 5) is 21.0. The molecule has 0 aliphatic carbocycles. The van der Waals surface area contributed by atoms with E-state index in [-0.39, 0.29) is 6.61 Å². The summed E-state index contributed by atoms with van der Waals surface area (Å²) < 4.78 is 4.97. The number of halogens is 1. The Morgan fingerprint density at radius 2 is 1.94 bits per heavy atom. The highest BCUT2D eigenvalue weighted by molar-refractivity contribution is 6.63. The SMILES string of the molecule is O=C(Cl)COCCN1Oc2ccccc2O1. The third-order valence-corrected chi connectivity index (χ3v) is 1.99. The number of hydrogen-bond donors (Lipinski definition) is 0. The lowest BCUT2D eigenvalue weighted by molar-refractivity contribution is -0.231. The van der Waals surface area contributed by atoms with Crippen molar-refractivity contribution >= 4 is 16.8 Å². The molecule has 86 valence electrons. The number of rotatable bonds is 5. The van der Waals surface area contributed by atoms with Crippen LogP contribution in [0.4, 0.5) is 0 Å². The molecule has 1 aromatic rings. The summed E-state index contributed by atoms with van der Waals surface area (Å²) in [7, 11) is 0. The van der Waals surface area contributed by atoms with E-state index in [0.717, 1.165) is 0 Å². The molecule has 0 N–H and O–H groups in total. The van der Waals surface area contributed by atoms with Crippen LogP contribution in [0.25, 0.3) is 0 Å². The molecule has 0 unspecified atom stereocenters. The van der Waals surface area contributed by atoms with Crippen LogP contribution in [0.5, 0.6) is 11.5 Å². The molecule has 1 aliphatic heterocycles. The third kappa shape index (κ3) is 2.85. The van der Waals surface area contributed by atoms with Gasteiger partial charge in [-0.2, -0.15) is 0 Å². The molecular formula is C10H10ClNO4. The maximum Gasteiger partial charge on any atom is 0.247 e. The van der Waals surface area contributed by atoms with Gasteiger partial charge in [0.2, 0.25) is 5.24 Å². The molecule has 1 aromatic carbocycles. The van der Waals surface area contributed by atoms with Gasteiger partial charge in [-0.1, -0.05) is 12.1 Å². The van der Waals surface area contributed by atoms with Gasteiger partial charge in [-0.25, -0.2) is 0 Å². The smallest absolute Gasteiger partial charge is 0.247 e. The van der Waals surface area contributed by atoms with Gasteiger partial charge in [0.1, 0.15) is 6.61 Å². The standard InChI is InChI=1S/C10H10ClNO4/c11-10(13)7-14-6-5-12-15-8-3-1-2-4-9(8)16-12/h1-4H,5-7H2. The second-order valence-corrected chi connectivity index (χ2v) is 3.51. The zero-order valence-electron chi connectivity index (χ0n) is 8.39. The van der Waals surface area contributed by atoms with Crippen LogP contribution in [-0.4, -0.2) is 30.2 Å². The molecule has 1 aliphatic rings. The molecule has 16 heavy (non-hydrogen) atoms. The molecule has 0 atom stereocenters. The number of para-hydroxylation sites is 2. The Balaban J connectivity index is 1.73. The highest BCUT2D eigenvalue weighted by atomic mass is 35.5. The van der Waals surface area contributed by atoms with Gasteiger partial charge in [-0.05, 0) is 23.7 Å². The van der Waals surface area contributed by atoms with Gasteiger partial charge >= 0.3 is 0 Å². The fourth-order valence-corrected chi connectivity index (χ4v) is 1.30. The van der Waals surface area contributed by atoms with Crippen LogP contribution in [-0.2, 0) is 9.53 Å². The van der Waals surface area contributed by atoms with Crippen molar-refractivity contribution in [2.45, 2.75) is 0 Å². The first kappa shape index (κ1) is 11.2. The zero-order chi connectivity index (χ0) is 11.4. The van der Waals surface area contributed by atoms with Gasteiger partial charge in [0.15, 0.2) is 11.5 Å². The van der Waals surface area contributed by atoms with Crippen LogP contribution in [0.3, 0.4) is 0 Å². The maximum atomic E-state index is 10.4. The molecule has 0 bridgehead atoms. The van der Waals surface area contributed by atoms with Crippen LogP contribution in [0, 0.1) is 0 Å². The third-order valence-electron chi connectivity index (χ3n) is 1.88. The fourth-order valence-electron chi connectivity index (χ4n) is 1.22. The number of carbonyl (C=O) groups is 1. The van der Waals surface area contributed by atoms with E-state index in [0.29, 0.717) is 24.7 Å². The summed E-state index contributed by atoms with van der Waals surface area (Å²) in [5, 5.41) is 0.773. The van der Waals surface area contributed by atoms with Crippen LogP contribution < -0.4 is 9.68 Å². The van der Waals surface area contributed by atoms with Gasteiger partial charge in [0.05, 0.1) is 13.2 Å². The monoisotopic (exact) mass is 243 g/mol. The van der Waals surface area contributed by atoms with Crippen LogP contribution in [0.15, 0.2) is 24.3 Å². The van der Waals surface area contributed by atoms with E-state index in [4.69, 9.17) is 26.0 Å². The second kappa shape index (κ2) is 5.16. The number of hydroxylamine groups is 2. The highest BCUT2D eigenvalue weighted by Crippen LogP contribution is 2.32. The van der Waals surface area contributed by atoms with Crippen molar-refractivity contribution in [1.29, 1.82) is 0 Å². The average molecular weight is 244 g/mol. The largest absolute Gasteiger partial charge is 0.371 e. The van der Waals surface area contributed by atoms with E-state index in [1.807, 2.05) is 12.1 Å². The molecule has 0 saturated carbocycles. The minimum Gasteiger partial charge on any atom is -0.371 e. The Labute approximate surface area is 97.4 Å². The van der Waals surface area contributed by atoms with Crippen molar-refractivity contribution in [3.05, 3.63) is 24.3 Å². The Bertz CT molecular complexity index is 360. The van der Waals surface area contributed by atoms with Crippen LogP contribution >= 0.6 is 11.6 Å². The number of ether oxygens (including phenoxy) is 1. The van der Waals surface area contributed by atoms with Crippen molar-refractivity contribution in [1.82, 2.24) is 5.23 Å². The molecule has 0 amide bonds. The Kier molecular flexibility index (Phi) is 3.61. The van der Waals surface area contributed by atoms with E-state index in [1.54, 1.807) is 12.1 Å². The Morgan fingerprint density at radius 1 is 1.31 bits per heavy atom. The molecule has 0 aromatic heterocycles. The number of carbonyl (C=O) groups excluding carboxylic acids is 1. The molecule has 1 heterocycles. The normalized spacial score (nSPS) is 14.1. The highest BCUT2D eigenvalue weighted by Gasteiger charge is 2.21. The summed E-state index contributed by atoms with van der Waals surface area (Å²) in [6.45, 7) is 0.577. The van der Waals surface area contributed by atoms with Gasteiger partial charge in [-0.3, -0.25) is 4.79 Å². The van der Waals surface area contributed by atoms with Crippen molar-refractivity contribution < 1.29 is 19.2 Å². The zero-order valence-corrected chi connectivity index (χ0v) is 9.14. The minimum atomic E-state index is -0.522. The van der Waals surface area contributed by atoms with E-state index in [1.165, 1.54) is 5.23 Å². The van der Waals surface area contributed by atoms with Crippen molar-refractivity contribution in [3.8, 4) is 11.5 Å². The minimum absolute atomic E-state index is 0.109. The van der Waals surface area contributed by atoms with E-state index >= 15 is 0 Å². The van der Waals surface area contributed by atoms with E-state index in [2.05, 4.69) is 0 Å². The van der Waals surface area contributed by atoms with E-state index < -0.39 is 5.24 Å². The lowest BCUT2D eigenvalue weighted by atomic mass is 10.3. The first-order valence-electron chi connectivity index (χ1n) is 4.74. The fraction of sp³-hybridized carbons (Fsp3) is 0.300. The Hall–Kier alpha value is -1.30. The van der Waals surface area contributed by atoms with Crippen LogP contribution in [0.1, 0.15) is 0 Å². The average Bonchev–Trinajstić information content (AvgIpc) is 2.66. The lowest BCUT2D eigenvalue weighted by Gasteiger charge is -2.11. The van der Waals surface area contributed by atoms with E-state index in [9.17, 15) is 4.79 Å². The Morgan fingerprint density at radius 3 is 2.50 bits per heavy atom. The topological polar surface area (TPSA) is 48.0 Å². The first-order valence-corrected chi connectivity index (χ1v) is 5.12. The quantitative estimate of drug-likeness (QED) is 0.578. The lowest BCUT2D eigenvalue weighted by Crippen LogP contribution is -2.30. The summed E-state index contributed by atoms with van der Waals surface area (Å²) >= 11 is 5.11. The first-order chi connectivity index (χ1) is 7.75. The molecule has 0 fully saturated rings. The number of fused-ring (bicyclic) bond motifs is 1. The van der Waals surface area contributed by atoms with Crippen molar-refractivity contribution in [3.63, 3.8) is 0 Å². The molecular weight excluding hydrogens is 234 g/mol. The van der Waals surface area contributed by atoms with Gasteiger partial charge in [-0.15, -0.1) is 0 Å². The van der Waals surface area contributed by atoms with Gasteiger partial charge in [0.25, 0.3) is 0 Å². The predicted molar refractivity (Wildman–Crippen MR) is 56.1 cm³/mol. The summed E-state index contributed by atoms with van der Waals surface area (Å²) in [5.41, 5.74) is 0. The van der Waals surface area contributed by atoms with Gasteiger partial charge in [0, 0.05) is 5.23 Å². The number of nitrogens with zero attached hydrogens (tertiary/aromatic N) is 1. The summed E-state index contributed by atoms with van der Waals surface area (Å²) in [6, 6.07) is 7.32. The molecule has 2 rings (SSSR count). The van der Waals surface area contributed by atoms with Gasteiger partial charge < -0.3 is 14.4 Å². The van der Waals surface area contributed by atoms with Crippen molar-refractivity contribution in [2.24, 2.45) is 0 Å². The van der Waals surface area contributed by atoms with Crippen LogP contribution in [0.2, 0.25) is 0 Å². The molecule has 0 saturated heterocycles. The molecule has 0 radical (unpaired) electrons. The maximum absolute atomic E-state index is 10.4. The summed E-state index contributed by atoms with van der Waals surface area (Å²) in [6.07, 6.45) is 0. The number of hydrogen-bond acceptors (Lipinski definition) is 5. The predicted octanol–water partition coefficient (Wildman–Crippen LogP) is 1.37.